The number of fused-ring (bicyclic) bond motifs is 5. The summed E-state index contributed by atoms with van der Waals surface area (Å²) in [5.41, 5.74) is -2.49. The van der Waals surface area contributed by atoms with Gasteiger partial charge in [-0.3, -0.25) is 0 Å². The summed E-state index contributed by atoms with van der Waals surface area (Å²) in [5, 5.41) is 205. The van der Waals surface area contributed by atoms with Crippen LogP contribution in [0.1, 0.15) is 107 Å². The second-order valence-corrected chi connectivity index (χ2v) is 28.7. The van der Waals surface area contributed by atoms with E-state index in [1.54, 1.807) is 0 Å². The molecule has 9 rings (SSSR count). The number of rotatable bonds is 20. The molecule has 29 nitrogen and oxygen atoms in total. The Morgan fingerprint density at radius 3 is 1.45 bits per heavy atom. The number of allylic oxidation sites excluding steroid dienone is 1. The van der Waals surface area contributed by atoms with Gasteiger partial charge in [0.25, 0.3) is 0 Å². The van der Waals surface area contributed by atoms with Gasteiger partial charge in [-0.05, 0) is 99.7 Å². The summed E-state index contributed by atoms with van der Waals surface area (Å²) in [4.78, 5) is 0. The van der Waals surface area contributed by atoms with Crippen molar-refractivity contribution in [3.8, 4) is 0 Å². The molecule has 0 spiro atoms. The van der Waals surface area contributed by atoms with Crippen LogP contribution in [-0.4, -0.2) is 308 Å². The quantitative estimate of drug-likeness (QED) is 0.0506. The van der Waals surface area contributed by atoms with Crippen molar-refractivity contribution < 1.29 is 144 Å². The zero-order chi connectivity index (χ0) is 65.5. The number of aliphatic hydroxyl groups is 19. The van der Waals surface area contributed by atoms with Gasteiger partial charge in [0, 0.05) is 10.8 Å². The molecule has 5 heterocycles. The Hall–Kier alpha value is -1.42. The highest BCUT2D eigenvalue weighted by Crippen LogP contribution is 2.75. The third kappa shape index (κ3) is 13.1. The summed E-state index contributed by atoms with van der Waals surface area (Å²) < 4.78 is 59.3. The van der Waals surface area contributed by atoms with Crippen LogP contribution in [0.5, 0.6) is 0 Å². The number of ether oxygens (including phenoxy) is 10. The first kappa shape index (κ1) is 71.9. The molecule has 0 radical (unpaired) electrons. The van der Waals surface area contributed by atoms with Crippen LogP contribution in [0, 0.1) is 45.3 Å². The average molecular weight is 1290 g/mol. The van der Waals surface area contributed by atoms with Gasteiger partial charge >= 0.3 is 0 Å². The Bertz CT molecular complexity index is 2340. The van der Waals surface area contributed by atoms with Gasteiger partial charge in [0.05, 0.1) is 56.9 Å². The van der Waals surface area contributed by atoms with E-state index in [1.165, 1.54) is 13.8 Å². The van der Waals surface area contributed by atoms with Crippen molar-refractivity contribution in [2.75, 3.05) is 33.0 Å². The van der Waals surface area contributed by atoms with Crippen LogP contribution in [0.15, 0.2) is 11.6 Å². The molecule has 0 bridgehead atoms. The van der Waals surface area contributed by atoms with Crippen LogP contribution in [0.4, 0.5) is 0 Å². The second-order valence-electron chi connectivity index (χ2n) is 28.7. The van der Waals surface area contributed by atoms with Gasteiger partial charge in [0.1, 0.15) is 122 Å². The Labute approximate surface area is 517 Å². The number of aliphatic hydroxyl groups excluding tert-OH is 18. The van der Waals surface area contributed by atoms with Gasteiger partial charge in [0.15, 0.2) is 31.5 Å². The number of hydrogen-bond acceptors (Lipinski definition) is 29. The minimum atomic E-state index is -1.96. The highest BCUT2D eigenvalue weighted by molar-refractivity contribution is 5.32. The molecule has 9 aliphatic rings. The van der Waals surface area contributed by atoms with Crippen molar-refractivity contribution in [1.29, 1.82) is 0 Å². The molecule has 29 heteroatoms. The average Bonchev–Trinajstić information content (AvgIpc) is 1.66. The highest BCUT2D eigenvalue weighted by Gasteiger charge is 2.70. The molecule has 0 unspecified atom stereocenters. The molecular weight excluding hydrogens is 1180 g/mol. The first-order chi connectivity index (χ1) is 41.6. The van der Waals surface area contributed by atoms with Crippen molar-refractivity contribution in [3.63, 3.8) is 0 Å². The van der Waals surface area contributed by atoms with Crippen LogP contribution in [0.3, 0.4) is 0 Å². The molecule has 0 aromatic rings. The van der Waals surface area contributed by atoms with Crippen molar-refractivity contribution in [1.82, 2.24) is 0 Å². The van der Waals surface area contributed by atoms with Crippen LogP contribution in [-0.2, 0) is 47.4 Å². The van der Waals surface area contributed by atoms with Crippen molar-refractivity contribution in [3.05, 3.63) is 11.6 Å². The highest BCUT2D eigenvalue weighted by atomic mass is 16.8. The van der Waals surface area contributed by atoms with Crippen LogP contribution in [0.25, 0.3) is 0 Å². The molecule has 4 aliphatic carbocycles. The molecule has 0 aromatic heterocycles. The summed E-state index contributed by atoms with van der Waals surface area (Å²) in [6.07, 6.45) is -37.4. The summed E-state index contributed by atoms with van der Waals surface area (Å²) in [6.45, 7) is 12.6. The topological polar surface area (TPSA) is 477 Å². The lowest BCUT2D eigenvalue weighted by Crippen LogP contribution is -2.65. The Morgan fingerprint density at radius 2 is 0.955 bits per heavy atom. The third-order valence-corrected chi connectivity index (χ3v) is 22.9. The molecule has 3 saturated carbocycles. The molecule has 516 valence electrons. The zero-order valence-electron chi connectivity index (χ0n) is 51.8. The van der Waals surface area contributed by atoms with Gasteiger partial charge in [-0.15, -0.1) is 0 Å². The van der Waals surface area contributed by atoms with E-state index in [0.29, 0.717) is 32.1 Å². The van der Waals surface area contributed by atoms with E-state index in [2.05, 4.69) is 33.8 Å². The smallest absolute Gasteiger partial charge is 0.187 e. The van der Waals surface area contributed by atoms with Crippen molar-refractivity contribution >= 4 is 0 Å². The summed E-state index contributed by atoms with van der Waals surface area (Å²) in [7, 11) is 0. The SMILES string of the molecule is C[C@H](CC[C@@H](O[C@@H]1O[C@H](CO[C@@H]2O[C@H](CO)[C@@H](O)[C@H](O)[C@H]2O)[C@@H](O)[C@H](O)[C@H]1O[C@@H]1O[C@H](CO)[C@@H](O)[C@H](O)[C@H]1O)C(C)(C)O)[C@H]1CC[C@]2(C)[C@@H]3CC=C4[C@@H](CC[C@@H](O[C@@H]5O[C@H](CO[C@@H]6O[C@H](CO)[C@@H](O)[C@H](O)[C@H]6O)[C@@H](O)[C@H](O)[C@H]5O)C4(C)C)[C@@]3(C)[C@@H](O)C[C@@]12C. The monoisotopic (exact) mass is 1290 g/mol. The molecule has 8 fully saturated rings. The molecule has 0 amide bonds. The first-order valence-electron chi connectivity index (χ1n) is 31.6. The van der Waals surface area contributed by atoms with E-state index in [9.17, 15) is 97.0 Å². The lowest BCUT2D eigenvalue weighted by molar-refractivity contribution is -0.380. The lowest BCUT2D eigenvalue weighted by Gasteiger charge is -2.67. The predicted octanol–water partition coefficient (Wildman–Crippen LogP) is -5.41. The van der Waals surface area contributed by atoms with E-state index < -0.39 is 227 Å². The number of hydrogen-bond donors (Lipinski definition) is 19. The van der Waals surface area contributed by atoms with E-state index >= 15 is 0 Å². The molecule has 35 atom stereocenters. The maximum atomic E-state index is 12.8. The molecular formula is C60H102O29. The van der Waals surface area contributed by atoms with E-state index in [1.807, 2.05) is 13.8 Å². The first-order valence-corrected chi connectivity index (χ1v) is 31.6. The summed E-state index contributed by atoms with van der Waals surface area (Å²) in [6, 6.07) is 0. The largest absolute Gasteiger partial charge is 0.394 e. The van der Waals surface area contributed by atoms with Gasteiger partial charge in [-0.2, -0.15) is 0 Å². The predicted molar refractivity (Wildman–Crippen MR) is 300 cm³/mol. The van der Waals surface area contributed by atoms with E-state index in [4.69, 9.17) is 47.4 Å². The molecule has 19 N–H and O–H groups in total. The normalized spacial score (nSPS) is 51.8. The van der Waals surface area contributed by atoms with E-state index in [-0.39, 0.29) is 35.5 Å². The van der Waals surface area contributed by atoms with Gasteiger partial charge < -0.3 is 144 Å². The molecule has 5 saturated heterocycles. The van der Waals surface area contributed by atoms with Crippen LogP contribution >= 0.6 is 0 Å². The minimum Gasteiger partial charge on any atom is -0.394 e. The standard InChI is InChI=1S/C60H102O29/c1-23(9-13-35(57(4,5)79)88-55-50(89-54-49(78)43(72)38(67)29(20-63)84-54)45(74)40(69)31(86-55)22-81-52-47(76)42(71)37(66)28(19-62)83-52)24-15-16-58(6)32-12-10-25-26(60(32,8)33(64)17-59(24,58)7)11-14-34(56(25,2)3)87-53-48(77)44(73)39(68)30(85-53)21-80-51-46(75)41(70)36(65)27(18-61)82-51/h10,23-24,26-55,61-79H,9,11-22H2,1-8H3/t23-,24-,26-,27-,28-,29-,30-,31-,32+,33+,34-,35-,36-,37-,38-,39-,40-,41+,42+,43+,44+,45+,46-,47-,48-,49-,50-,51-,52-,53+,54+,55+,58-,59+,60-/m1/s1. The van der Waals surface area contributed by atoms with E-state index in [0.717, 1.165) is 18.4 Å². The summed E-state index contributed by atoms with van der Waals surface area (Å²) >= 11 is 0. The zero-order valence-corrected chi connectivity index (χ0v) is 51.8. The van der Waals surface area contributed by atoms with Crippen molar-refractivity contribution in [2.45, 2.75) is 284 Å². The fraction of sp³-hybridized carbons (Fsp3) is 0.967. The van der Waals surface area contributed by atoms with Crippen LogP contribution < -0.4 is 0 Å². The van der Waals surface area contributed by atoms with Gasteiger partial charge in [0.2, 0.25) is 0 Å². The minimum absolute atomic E-state index is 0.0310. The fourth-order valence-corrected chi connectivity index (χ4v) is 17.0. The van der Waals surface area contributed by atoms with Gasteiger partial charge in [-0.25, -0.2) is 0 Å². The van der Waals surface area contributed by atoms with Crippen molar-refractivity contribution in [2.24, 2.45) is 45.3 Å². The Balaban J connectivity index is 0.883. The molecule has 89 heavy (non-hydrogen) atoms. The Kier molecular flexibility index (Phi) is 22.3. The fourth-order valence-electron chi connectivity index (χ4n) is 17.0. The second kappa shape index (κ2) is 27.6. The van der Waals surface area contributed by atoms with Crippen LogP contribution in [0.2, 0.25) is 0 Å². The molecule has 5 aliphatic heterocycles. The maximum absolute atomic E-state index is 12.8. The lowest BCUT2D eigenvalue weighted by atomic mass is 9.38. The maximum Gasteiger partial charge on any atom is 0.187 e. The summed E-state index contributed by atoms with van der Waals surface area (Å²) in [5.74, 6) is -0.0172. The Morgan fingerprint density at radius 1 is 0.517 bits per heavy atom. The van der Waals surface area contributed by atoms with Gasteiger partial charge in [-0.1, -0.05) is 53.2 Å². The molecule has 0 aromatic carbocycles. The third-order valence-electron chi connectivity index (χ3n) is 22.9.